The SMILES string of the molecule is CN(C)C=O.CN(C)C=O.O=C(NCc1ccccc1)c1ccccc1OCCN(CCOc1ccccc1C(=O)NCc1ccccc1)Cc1ccccc1.O=C(NCc1ccccc1)c1ccccc1OCCN(CCOc1ccccc1C(=O)NCc1ccccc1)Cc1ccccc1.O=[N+]([O-])[O-].O=[N+]([O-])[O-].O=[N+]([O-])[O-].O=[N+]([O-])[O-].O=[N+]([O-])[O-].O=[N+]([O-])[O-].[Sm+3].[Sm+3]. The maximum atomic E-state index is 13.0. The minimum absolute atomic E-state index is 0. The molecule has 678 valence electrons. The molecule has 0 unspecified atom stereocenters. The van der Waals surface area contributed by atoms with Crippen molar-refractivity contribution in [1.82, 2.24) is 40.9 Å². The second-order valence-electron chi connectivity index (χ2n) is 25.1. The number of hydrogen-bond acceptors (Lipinski definition) is 30. The monoisotopic (exact) mass is 2050 g/mol. The molecule has 2 radical (unpaired) electrons. The summed E-state index contributed by atoms with van der Waals surface area (Å²) in [6.45, 7) is 7.13. The van der Waals surface area contributed by atoms with E-state index in [4.69, 9.17) is 111 Å². The summed E-state index contributed by atoms with van der Waals surface area (Å²) in [5, 5.41) is 100. The fraction of sp³-hybridized carbons (Fsp3) is 0.214. The van der Waals surface area contributed by atoms with Crippen molar-refractivity contribution in [3.63, 3.8) is 0 Å². The Labute approximate surface area is 799 Å². The molecule has 10 rings (SSSR count). The van der Waals surface area contributed by atoms with Crippen molar-refractivity contribution >= 4 is 36.4 Å². The van der Waals surface area contributed by atoms with Crippen LogP contribution in [-0.4, -0.2) is 167 Å². The molecule has 4 N–H and O–H groups in total. The Morgan fingerprint density at radius 2 is 0.406 bits per heavy atom. The second kappa shape index (κ2) is 72.3. The molecule has 0 heterocycles. The molecule has 0 atom stereocenters. The molecule has 0 aliphatic rings. The van der Waals surface area contributed by atoms with Gasteiger partial charge in [-0.3, -0.25) is 38.6 Å². The van der Waals surface area contributed by atoms with E-state index in [2.05, 4.69) is 55.3 Å². The molecule has 128 heavy (non-hydrogen) atoms. The van der Waals surface area contributed by atoms with Gasteiger partial charge in [0.15, 0.2) is 0 Å². The molecule has 0 saturated heterocycles. The molecule has 0 aliphatic heterocycles. The second-order valence-corrected chi connectivity index (χ2v) is 25.1. The molecule has 0 spiro atoms. The van der Waals surface area contributed by atoms with Crippen LogP contribution in [0.15, 0.2) is 279 Å². The Bertz CT molecular complexity index is 4220. The van der Waals surface area contributed by atoms with Crippen molar-refractivity contribution in [3.05, 3.63) is 427 Å². The van der Waals surface area contributed by atoms with Gasteiger partial charge in [0.2, 0.25) is 12.8 Å². The molecule has 10 aromatic carbocycles. The van der Waals surface area contributed by atoms with Crippen LogP contribution in [0.3, 0.4) is 0 Å². The molecular formula is C84H92N14O28Sm2. The van der Waals surface area contributed by atoms with E-state index < -0.39 is 30.5 Å². The van der Waals surface area contributed by atoms with Crippen molar-refractivity contribution < 1.29 is 159 Å². The zero-order chi connectivity index (χ0) is 93.7. The Kier molecular flexibility index (Phi) is 65.6. The number of carbonyl (C=O) groups excluding carboxylic acids is 6. The summed E-state index contributed by atoms with van der Waals surface area (Å²) in [6.07, 6.45) is 1.50. The van der Waals surface area contributed by atoms with Crippen molar-refractivity contribution in [1.29, 1.82) is 0 Å². The van der Waals surface area contributed by atoms with Gasteiger partial charge in [-0.1, -0.05) is 231 Å². The standard InChI is InChI=1S/2C39H39N3O4.2C3H7NO.6NO3.2Sm/c2*43-38(40-28-31-14-4-1-5-15-31)34-20-10-12-22-36(34)45-26-24-42(30-33-18-8-3-9-19-33)25-27-46-37-23-13-11-21-35(37)39(44)41-29-32-16-6-2-7-17-32;2*1-4(2)3-5;6*2-1(3)4;;/h2*1-23H,24-30H2,(H,40,43)(H,41,44);2*3H,1-2H3;;;;;;;;/q;;;;6*-1;2*+3. The average molecular weight is 2050 g/mol. The van der Waals surface area contributed by atoms with Gasteiger partial charge < -0.3 is 142 Å². The Hall–Kier alpha value is -14.0. The van der Waals surface area contributed by atoms with Gasteiger partial charge >= 0.3 is 80.8 Å². The summed E-state index contributed by atoms with van der Waals surface area (Å²) in [4.78, 5) is 128. The van der Waals surface area contributed by atoms with Crippen LogP contribution in [0.2, 0.25) is 0 Å². The maximum absolute atomic E-state index is 13.0. The van der Waals surface area contributed by atoms with Crippen molar-refractivity contribution in [3.8, 4) is 23.0 Å². The van der Waals surface area contributed by atoms with Crippen molar-refractivity contribution in [2.45, 2.75) is 39.3 Å². The predicted octanol–water partition coefficient (Wildman–Crippen LogP) is 11.0. The first kappa shape index (κ1) is 116. The fourth-order valence-electron chi connectivity index (χ4n) is 9.98. The van der Waals surface area contributed by atoms with Crippen molar-refractivity contribution in [2.24, 2.45) is 0 Å². The number of para-hydroxylation sites is 4. The maximum Gasteiger partial charge on any atom is 3.00 e. The summed E-state index contributed by atoms with van der Waals surface area (Å²) < 4.78 is 24.6. The summed E-state index contributed by atoms with van der Waals surface area (Å²) in [5.41, 5.74) is 8.46. The summed E-state index contributed by atoms with van der Waals surface area (Å²) in [6, 6.07) is 88.9. The zero-order valence-electron chi connectivity index (χ0n) is 69.3. The molecule has 0 fully saturated rings. The normalized spacial score (nSPS) is 9.36. The topological polar surface area (TPSA) is 598 Å². The molecule has 0 aliphatic carbocycles. The third-order valence-corrected chi connectivity index (χ3v) is 15.3. The number of benzene rings is 10. The first-order valence-corrected chi connectivity index (χ1v) is 37.1. The molecule has 44 heteroatoms. The minimum Gasteiger partial charge on any atom is -0.491 e. The molecule has 0 saturated carbocycles. The smallest absolute Gasteiger partial charge is 0.491 e. The Balaban J connectivity index is 0. The van der Waals surface area contributed by atoms with Gasteiger partial charge in [-0.05, 0) is 81.9 Å². The van der Waals surface area contributed by atoms with E-state index in [0.29, 0.717) is 137 Å². The Morgan fingerprint density at radius 3 is 0.562 bits per heavy atom. The van der Waals surface area contributed by atoms with Crippen LogP contribution in [0.1, 0.15) is 74.8 Å². The first-order valence-electron chi connectivity index (χ1n) is 37.1. The van der Waals surface area contributed by atoms with Crippen LogP contribution >= 0.6 is 0 Å². The van der Waals surface area contributed by atoms with Gasteiger partial charge in [-0.2, -0.15) is 0 Å². The quantitative estimate of drug-likeness (QED) is 0.0165. The van der Waals surface area contributed by atoms with E-state index >= 15 is 0 Å². The van der Waals surface area contributed by atoms with Gasteiger partial charge in [0, 0.05) is 93.6 Å². The fourth-order valence-corrected chi connectivity index (χ4v) is 9.98. The van der Waals surface area contributed by atoms with E-state index in [0.717, 1.165) is 35.1 Å². The molecule has 10 aromatic rings. The number of ether oxygens (including phenoxy) is 4. The molecule has 6 amide bonds. The van der Waals surface area contributed by atoms with E-state index in [1.54, 1.807) is 52.5 Å². The van der Waals surface area contributed by atoms with Crippen LogP contribution < -0.4 is 40.2 Å². The molecule has 0 aromatic heterocycles. The van der Waals surface area contributed by atoms with Gasteiger partial charge in [-0.15, -0.1) is 0 Å². The number of hydrogen-bond donors (Lipinski definition) is 4. The van der Waals surface area contributed by atoms with Crippen LogP contribution in [0.5, 0.6) is 23.0 Å². The molecule has 42 nitrogen and oxygen atoms in total. The summed E-state index contributed by atoms with van der Waals surface area (Å²) in [7, 11) is 6.75. The number of rotatable bonds is 34. The number of amides is 6. The van der Waals surface area contributed by atoms with Crippen LogP contribution in [0.4, 0.5) is 0 Å². The molecular weight excluding hydrogens is 1950 g/mol. The van der Waals surface area contributed by atoms with Crippen LogP contribution in [0, 0.1) is 173 Å². The van der Waals surface area contributed by atoms with E-state index in [1.807, 2.05) is 231 Å². The van der Waals surface area contributed by atoms with E-state index in [1.165, 1.54) is 20.9 Å². The van der Waals surface area contributed by atoms with Crippen LogP contribution in [0.25, 0.3) is 0 Å². The van der Waals surface area contributed by atoms with Gasteiger partial charge in [0.1, 0.15) is 49.4 Å². The Morgan fingerprint density at radius 1 is 0.266 bits per heavy atom. The minimum atomic E-state index is -1.75. The van der Waals surface area contributed by atoms with Crippen molar-refractivity contribution in [2.75, 3.05) is 80.8 Å². The number of nitrogens with zero attached hydrogens (tertiary/aromatic N) is 10. The van der Waals surface area contributed by atoms with E-state index in [9.17, 15) is 28.8 Å². The number of carbonyl (C=O) groups is 6. The molecule has 0 bridgehead atoms. The zero-order valence-corrected chi connectivity index (χ0v) is 74.6. The number of nitrogens with one attached hydrogen (secondary N) is 4. The predicted molar refractivity (Wildman–Crippen MR) is 463 cm³/mol. The summed E-state index contributed by atoms with van der Waals surface area (Å²) >= 11 is 0. The largest absolute Gasteiger partial charge is 3.00 e. The van der Waals surface area contributed by atoms with Gasteiger partial charge in [0.25, 0.3) is 23.6 Å². The third kappa shape index (κ3) is 61.3. The average Bonchev–Trinajstić information content (AvgIpc) is 0.869. The van der Waals surface area contributed by atoms with Gasteiger partial charge in [-0.25, -0.2) is 0 Å². The third-order valence-electron chi connectivity index (χ3n) is 15.3. The van der Waals surface area contributed by atoms with Gasteiger partial charge in [0.05, 0.1) is 52.8 Å². The van der Waals surface area contributed by atoms with E-state index in [-0.39, 0.29) is 104 Å². The van der Waals surface area contributed by atoms with Crippen LogP contribution in [-0.2, 0) is 48.9 Å². The first-order chi connectivity index (χ1) is 60.2. The summed E-state index contributed by atoms with van der Waals surface area (Å²) in [5.74, 6) is 1.44.